The van der Waals surface area contributed by atoms with Crippen molar-refractivity contribution in [3.63, 3.8) is 0 Å². The van der Waals surface area contributed by atoms with Gasteiger partial charge in [0, 0.05) is 0 Å². The van der Waals surface area contributed by atoms with Gasteiger partial charge in [-0.15, -0.1) is 0 Å². The number of esters is 1. The van der Waals surface area contributed by atoms with E-state index in [9.17, 15) is 22.8 Å². The van der Waals surface area contributed by atoms with Gasteiger partial charge >= 0.3 is 12.1 Å². The number of nitrogens with one attached hydrogen (secondary N) is 1. The van der Waals surface area contributed by atoms with Gasteiger partial charge in [-0.1, -0.05) is 12.1 Å². The second-order valence-electron chi connectivity index (χ2n) is 6.94. The van der Waals surface area contributed by atoms with Crippen molar-refractivity contribution >= 4 is 23.3 Å². The number of ether oxygens (including phenoxy) is 2. The van der Waals surface area contributed by atoms with Crippen molar-refractivity contribution in [2.75, 3.05) is 17.7 Å². The number of nitrogen functional groups attached to an aromatic ring is 1. The van der Waals surface area contributed by atoms with Crippen LogP contribution >= 0.6 is 0 Å². The molecule has 0 spiro atoms. The van der Waals surface area contributed by atoms with Crippen LogP contribution in [0.25, 0.3) is 0 Å². The van der Waals surface area contributed by atoms with E-state index in [2.05, 4.69) is 5.32 Å². The van der Waals surface area contributed by atoms with Crippen LogP contribution in [0, 0.1) is 0 Å². The van der Waals surface area contributed by atoms with Gasteiger partial charge in [-0.25, -0.2) is 4.79 Å². The minimum absolute atomic E-state index is 0.0649. The minimum atomic E-state index is -4.61. The third-order valence-electron chi connectivity index (χ3n) is 4.69. The zero-order valence-corrected chi connectivity index (χ0v) is 16.0. The number of anilines is 2. The van der Waals surface area contributed by atoms with E-state index in [1.54, 1.807) is 0 Å². The molecule has 30 heavy (non-hydrogen) atoms. The van der Waals surface area contributed by atoms with Crippen molar-refractivity contribution in [3.8, 4) is 5.75 Å². The Morgan fingerprint density at radius 1 is 1.10 bits per heavy atom. The predicted molar refractivity (Wildman–Crippen MR) is 104 cm³/mol. The number of halogens is 3. The summed E-state index contributed by atoms with van der Waals surface area (Å²) in [4.78, 5) is 24.4. The first kappa shape index (κ1) is 21.5. The third-order valence-corrected chi connectivity index (χ3v) is 4.69. The number of nitrogens with two attached hydrogens (primary N) is 1. The molecule has 1 saturated carbocycles. The number of hydrogen-bond donors (Lipinski definition) is 2. The number of carbonyl (C=O) groups excluding carboxylic acids is 2. The van der Waals surface area contributed by atoms with E-state index in [1.807, 2.05) is 0 Å². The molecule has 3 rings (SSSR count). The van der Waals surface area contributed by atoms with Crippen LogP contribution in [0.4, 0.5) is 24.5 Å². The Labute approximate surface area is 171 Å². The van der Waals surface area contributed by atoms with E-state index in [4.69, 9.17) is 15.2 Å². The topological polar surface area (TPSA) is 90.7 Å². The van der Waals surface area contributed by atoms with E-state index in [0.717, 1.165) is 37.8 Å². The van der Waals surface area contributed by atoms with Crippen molar-refractivity contribution in [1.82, 2.24) is 0 Å². The van der Waals surface area contributed by atoms with Gasteiger partial charge in [-0.2, -0.15) is 13.2 Å². The van der Waals surface area contributed by atoms with Gasteiger partial charge < -0.3 is 20.5 Å². The summed E-state index contributed by atoms with van der Waals surface area (Å²) in [6.07, 6.45) is -1.04. The molecular formula is C21H21F3N2O4. The average molecular weight is 422 g/mol. The summed E-state index contributed by atoms with van der Waals surface area (Å²) in [5.41, 5.74) is 4.87. The monoisotopic (exact) mass is 422 g/mol. The number of para-hydroxylation sites is 1. The largest absolute Gasteiger partial charge is 0.482 e. The molecule has 1 aliphatic carbocycles. The van der Waals surface area contributed by atoms with Crippen LogP contribution in [0.3, 0.4) is 0 Å². The lowest BCUT2D eigenvalue weighted by atomic mass is 10.1. The highest BCUT2D eigenvalue weighted by molar-refractivity contribution is 5.93. The number of hydrogen-bond acceptors (Lipinski definition) is 5. The molecule has 0 atom stereocenters. The molecule has 1 fully saturated rings. The quantitative estimate of drug-likeness (QED) is 0.532. The Bertz CT molecular complexity index is 925. The molecule has 1 aliphatic rings. The Kier molecular flexibility index (Phi) is 6.49. The van der Waals surface area contributed by atoms with E-state index in [-0.39, 0.29) is 28.8 Å². The molecule has 0 aliphatic heterocycles. The fourth-order valence-corrected chi connectivity index (χ4v) is 3.18. The summed E-state index contributed by atoms with van der Waals surface area (Å²) in [5.74, 6) is -1.25. The second-order valence-corrected chi connectivity index (χ2v) is 6.94. The van der Waals surface area contributed by atoms with Crippen LogP contribution in [0.1, 0.15) is 41.6 Å². The van der Waals surface area contributed by atoms with Crippen molar-refractivity contribution in [2.45, 2.75) is 38.0 Å². The van der Waals surface area contributed by atoms with Gasteiger partial charge in [0.05, 0.1) is 22.5 Å². The highest BCUT2D eigenvalue weighted by atomic mass is 19.4. The lowest BCUT2D eigenvalue weighted by molar-refractivity contribution is -0.137. The van der Waals surface area contributed by atoms with Crippen LogP contribution in [-0.2, 0) is 15.7 Å². The summed E-state index contributed by atoms with van der Waals surface area (Å²) >= 11 is 0. The maximum atomic E-state index is 13.0. The summed E-state index contributed by atoms with van der Waals surface area (Å²) in [5, 5.41) is 2.18. The second kappa shape index (κ2) is 9.06. The summed E-state index contributed by atoms with van der Waals surface area (Å²) < 4.78 is 49.8. The number of benzene rings is 2. The Hall–Kier alpha value is -3.23. The molecule has 3 N–H and O–H groups in total. The van der Waals surface area contributed by atoms with Crippen molar-refractivity contribution in [2.24, 2.45) is 0 Å². The van der Waals surface area contributed by atoms with E-state index >= 15 is 0 Å². The highest BCUT2D eigenvalue weighted by Crippen LogP contribution is 2.34. The summed E-state index contributed by atoms with van der Waals surface area (Å²) in [6, 6.07) is 8.90. The van der Waals surface area contributed by atoms with Crippen LogP contribution in [0.2, 0.25) is 0 Å². The maximum Gasteiger partial charge on any atom is 0.418 e. The predicted octanol–water partition coefficient (Wildman–Crippen LogP) is 4.40. The molecule has 6 nitrogen and oxygen atoms in total. The smallest absolute Gasteiger partial charge is 0.418 e. The number of rotatable bonds is 6. The number of alkyl halides is 3. The number of amides is 1. The average Bonchev–Trinajstić information content (AvgIpc) is 3.20. The van der Waals surface area contributed by atoms with Crippen molar-refractivity contribution in [3.05, 3.63) is 53.6 Å². The van der Waals surface area contributed by atoms with E-state index < -0.39 is 30.2 Å². The fraction of sp³-hybridized carbons (Fsp3) is 0.333. The molecule has 0 aromatic heterocycles. The normalized spacial score (nSPS) is 14.4. The lowest BCUT2D eigenvalue weighted by Crippen LogP contribution is -2.22. The maximum absolute atomic E-state index is 13.0. The molecule has 2 aromatic rings. The molecule has 0 bridgehead atoms. The van der Waals surface area contributed by atoms with Crippen molar-refractivity contribution in [1.29, 1.82) is 0 Å². The minimum Gasteiger partial charge on any atom is -0.482 e. The molecule has 1 amide bonds. The third kappa shape index (κ3) is 5.43. The first-order chi connectivity index (χ1) is 14.2. The number of carbonyl (C=O) groups is 2. The van der Waals surface area contributed by atoms with Gasteiger partial charge in [0.2, 0.25) is 0 Å². The molecule has 0 radical (unpaired) electrons. The summed E-state index contributed by atoms with van der Waals surface area (Å²) in [6.45, 7) is -0.586. The Morgan fingerprint density at radius 2 is 1.80 bits per heavy atom. The SMILES string of the molecule is Nc1ccc(C(=O)OC2CCCC2)cc1OCC(=O)Nc1ccccc1C(F)(F)F. The Morgan fingerprint density at radius 3 is 2.50 bits per heavy atom. The van der Waals surface area contributed by atoms with Gasteiger partial charge in [-0.05, 0) is 56.0 Å². The van der Waals surface area contributed by atoms with Gasteiger partial charge in [0.15, 0.2) is 6.61 Å². The first-order valence-electron chi connectivity index (χ1n) is 9.43. The molecule has 9 heteroatoms. The standard InChI is InChI=1S/C21H21F3N2O4/c22-21(23,24)15-7-3-4-8-17(15)26-19(27)12-29-18-11-13(9-10-16(18)25)20(28)30-14-5-1-2-6-14/h3-4,7-11,14H,1-2,5-6,12,25H2,(H,26,27). The van der Waals surface area contributed by atoms with Crippen LogP contribution in [-0.4, -0.2) is 24.6 Å². The van der Waals surface area contributed by atoms with Crippen LogP contribution < -0.4 is 15.8 Å². The zero-order chi connectivity index (χ0) is 21.7. The van der Waals surface area contributed by atoms with Gasteiger partial charge in [0.1, 0.15) is 11.9 Å². The van der Waals surface area contributed by atoms with E-state index in [1.165, 1.54) is 30.3 Å². The molecule has 0 saturated heterocycles. The molecule has 160 valence electrons. The molecular weight excluding hydrogens is 401 g/mol. The Balaban J connectivity index is 1.63. The van der Waals surface area contributed by atoms with Crippen LogP contribution in [0.15, 0.2) is 42.5 Å². The highest BCUT2D eigenvalue weighted by Gasteiger charge is 2.33. The zero-order valence-electron chi connectivity index (χ0n) is 16.0. The lowest BCUT2D eigenvalue weighted by Gasteiger charge is -2.15. The van der Waals surface area contributed by atoms with Crippen LogP contribution in [0.5, 0.6) is 5.75 Å². The summed E-state index contributed by atoms with van der Waals surface area (Å²) in [7, 11) is 0. The first-order valence-corrected chi connectivity index (χ1v) is 9.43. The van der Waals surface area contributed by atoms with Gasteiger partial charge in [-0.3, -0.25) is 4.79 Å². The van der Waals surface area contributed by atoms with Gasteiger partial charge in [0.25, 0.3) is 5.91 Å². The van der Waals surface area contributed by atoms with E-state index in [0.29, 0.717) is 0 Å². The van der Waals surface area contributed by atoms with Crippen molar-refractivity contribution < 1.29 is 32.2 Å². The molecule has 0 unspecified atom stereocenters. The molecule has 0 heterocycles. The fourth-order valence-electron chi connectivity index (χ4n) is 3.18. The molecule has 2 aromatic carbocycles.